The van der Waals surface area contributed by atoms with Crippen molar-refractivity contribution in [2.45, 2.75) is 18.9 Å². The average molecular weight is 299 g/mol. The van der Waals surface area contributed by atoms with Gasteiger partial charge in [-0.2, -0.15) is 0 Å². The number of rotatable bonds is 4. The van der Waals surface area contributed by atoms with E-state index in [0.29, 0.717) is 5.75 Å². The van der Waals surface area contributed by atoms with Gasteiger partial charge in [-0.1, -0.05) is 0 Å². The van der Waals surface area contributed by atoms with E-state index in [2.05, 4.69) is 4.90 Å². The molecule has 1 aliphatic rings. The Bertz CT molecular complexity index is 527. The molecule has 2 rings (SSSR count). The van der Waals surface area contributed by atoms with Crippen molar-refractivity contribution in [1.29, 1.82) is 0 Å². The lowest BCUT2D eigenvalue weighted by atomic mass is 10.1. The Hall–Kier alpha value is -1.66. The van der Waals surface area contributed by atoms with Gasteiger partial charge in [0.15, 0.2) is 0 Å². The lowest BCUT2D eigenvalue weighted by molar-refractivity contribution is -0.385. The quantitative estimate of drug-likeness (QED) is 0.485. The van der Waals surface area contributed by atoms with Crippen LogP contribution in [0, 0.1) is 10.1 Å². The summed E-state index contributed by atoms with van der Waals surface area (Å²) in [6.45, 7) is 1.87. The van der Waals surface area contributed by atoms with Crippen molar-refractivity contribution in [3.8, 4) is 5.75 Å². The lowest BCUT2D eigenvalue weighted by Gasteiger charge is -2.29. The maximum absolute atomic E-state index is 11.1. The number of hydrogen-bond acceptors (Lipinski definition) is 5. The molecule has 20 heavy (non-hydrogen) atoms. The Labute approximate surface area is 121 Å². The number of nitro groups is 1. The molecule has 0 aromatic heterocycles. The predicted molar refractivity (Wildman–Crippen MR) is 74.4 cm³/mol. The molecule has 0 atom stereocenters. The maximum atomic E-state index is 11.1. The van der Waals surface area contributed by atoms with E-state index in [4.69, 9.17) is 16.3 Å². The van der Waals surface area contributed by atoms with Crippen LogP contribution in [0.15, 0.2) is 18.2 Å². The number of nitrogens with zero attached hydrogens (tertiary/aromatic N) is 2. The molecule has 0 radical (unpaired) electrons. The molecular weight excluding hydrogens is 284 g/mol. The summed E-state index contributed by atoms with van der Waals surface area (Å²) in [5.74, 6) is 0.396. The maximum Gasteiger partial charge on any atom is 0.285 e. The second-order valence-electron chi connectivity index (χ2n) is 4.83. The first kappa shape index (κ1) is 14.7. The summed E-state index contributed by atoms with van der Waals surface area (Å²) < 4.78 is 5.74. The number of carbonyl (C=O) groups is 1. The van der Waals surface area contributed by atoms with E-state index >= 15 is 0 Å². The summed E-state index contributed by atoms with van der Waals surface area (Å²) >= 11 is 5.32. The number of benzene rings is 1. The number of halogens is 1. The average Bonchev–Trinajstić information content (AvgIpc) is 2.41. The van der Waals surface area contributed by atoms with Crippen molar-refractivity contribution in [2.75, 3.05) is 20.1 Å². The van der Waals surface area contributed by atoms with Crippen LogP contribution in [-0.2, 0) is 0 Å². The zero-order valence-corrected chi connectivity index (χ0v) is 11.8. The van der Waals surface area contributed by atoms with Gasteiger partial charge in [-0.15, -0.1) is 0 Å². The van der Waals surface area contributed by atoms with Crippen LogP contribution in [0.25, 0.3) is 0 Å². The third kappa shape index (κ3) is 3.46. The van der Waals surface area contributed by atoms with Gasteiger partial charge in [0.05, 0.1) is 11.0 Å². The van der Waals surface area contributed by atoms with Gasteiger partial charge in [-0.3, -0.25) is 14.9 Å². The minimum absolute atomic E-state index is 0.0448. The number of carbonyl (C=O) groups excluding carboxylic acids is 1. The minimum Gasteiger partial charge on any atom is -0.490 e. The molecule has 0 aliphatic carbocycles. The first-order valence-corrected chi connectivity index (χ1v) is 6.68. The van der Waals surface area contributed by atoms with Crippen LogP contribution >= 0.6 is 11.6 Å². The van der Waals surface area contributed by atoms with Crippen LogP contribution in [0.5, 0.6) is 5.75 Å². The summed E-state index contributed by atoms with van der Waals surface area (Å²) in [5, 5.41) is 10.1. The fourth-order valence-electron chi connectivity index (χ4n) is 2.20. The fraction of sp³-hybridized carbons (Fsp3) is 0.462. The van der Waals surface area contributed by atoms with Crippen LogP contribution in [0.2, 0.25) is 0 Å². The first-order valence-electron chi connectivity index (χ1n) is 6.31. The Morgan fingerprint density at radius 1 is 1.45 bits per heavy atom. The van der Waals surface area contributed by atoms with Gasteiger partial charge in [0, 0.05) is 13.1 Å². The van der Waals surface area contributed by atoms with E-state index in [0.717, 1.165) is 25.9 Å². The van der Waals surface area contributed by atoms with Gasteiger partial charge in [0.2, 0.25) is 0 Å². The highest BCUT2D eigenvalue weighted by Crippen LogP contribution is 2.27. The summed E-state index contributed by atoms with van der Waals surface area (Å²) in [7, 11) is 2.04. The van der Waals surface area contributed by atoms with E-state index < -0.39 is 10.2 Å². The van der Waals surface area contributed by atoms with Crippen LogP contribution < -0.4 is 4.74 Å². The van der Waals surface area contributed by atoms with Crippen LogP contribution in [0.4, 0.5) is 5.69 Å². The number of ether oxygens (including phenoxy) is 1. The number of nitro benzene ring substituents is 1. The van der Waals surface area contributed by atoms with E-state index in [9.17, 15) is 14.9 Å². The van der Waals surface area contributed by atoms with Gasteiger partial charge in [0.1, 0.15) is 17.4 Å². The Balaban J connectivity index is 2.15. The van der Waals surface area contributed by atoms with E-state index in [1.165, 1.54) is 12.1 Å². The molecular formula is C13H15ClN2O4. The molecule has 108 valence electrons. The molecule has 0 unspecified atom stereocenters. The number of likely N-dealkylation sites (tertiary alicyclic amines) is 1. The van der Waals surface area contributed by atoms with E-state index in [1.54, 1.807) is 6.07 Å². The number of piperidine rings is 1. The highest BCUT2D eigenvalue weighted by atomic mass is 35.5. The lowest BCUT2D eigenvalue weighted by Crippen LogP contribution is -2.35. The standard InChI is InChI=1S/C13H15ClN2O4/c1-15-6-4-9(5-7-15)20-10-2-3-11(13(14)17)12(8-10)16(18)19/h2-3,8-9H,4-7H2,1H3. The monoisotopic (exact) mass is 298 g/mol. The summed E-state index contributed by atoms with van der Waals surface area (Å²) in [4.78, 5) is 23.6. The molecule has 1 aromatic carbocycles. The number of hydrogen-bond donors (Lipinski definition) is 0. The Morgan fingerprint density at radius 3 is 2.65 bits per heavy atom. The third-order valence-electron chi connectivity index (χ3n) is 3.35. The molecule has 1 aliphatic heterocycles. The Morgan fingerprint density at radius 2 is 2.10 bits per heavy atom. The zero-order chi connectivity index (χ0) is 14.7. The van der Waals surface area contributed by atoms with Gasteiger partial charge in [-0.05, 0) is 43.6 Å². The van der Waals surface area contributed by atoms with Crippen LogP contribution in [0.3, 0.4) is 0 Å². The largest absolute Gasteiger partial charge is 0.490 e. The molecule has 0 N–H and O–H groups in total. The smallest absolute Gasteiger partial charge is 0.285 e. The van der Waals surface area contributed by atoms with Gasteiger partial charge >= 0.3 is 0 Å². The van der Waals surface area contributed by atoms with Crippen molar-refractivity contribution >= 4 is 22.5 Å². The predicted octanol–water partition coefficient (Wildman–Crippen LogP) is 2.45. The molecule has 1 fully saturated rings. The molecule has 0 saturated carbocycles. The zero-order valence-electron chi connectivity index (χ0n) is 11.0. The van der Waals surface area contributed by atoms with Crippen molar-refractivity contribution in [2.24, 2.45) is 0 Å². The molecule has 1 aromatic rings. The highest BCUT2D eigenvalue weighted by molar-refractivity contribution is 6.68. The SMILES string of the molecule is CN1CCC(Oc2ccc(C(=O)Cl)c([N+](=O)[O-])c2)CC1. The topological polar surface area (TPSA) is 72.7 Å². The summed E-state index contributed by atoms with van der Waals surface area (Å²) in [6.07, 6.45) is 1.80. The molecule has 0 amide bonds. The van der Waals surface area contributed by atoms with Crippen molar-refractivity contribution in [3.05, 3.63) is 33.9 Å². The van der Waals surface area contributed by atoms with Crippen LogP contribution in [-0.4, -0.2) is 41.3 Å². The molecule has 1 saturated heterocycles. The van der Waals surface area contributed by atoms with Gasteiger partial charge in [0.25, 0.3) is 10.9 Å². The first-order chi connectivity index (χ1) is 9.47. The van der Waals surface area contributed by atoms with E-state index in [-0.39, 0.29) is 17.4 Å². The van der Waals surface area contributed by atoms with Crippen molar-refractivity contribution in [1.82, 2.24) is 4.90 Å². The molecule has 0 bridgehead atoms. The molecule has 6 nitrogen and oxygen atoms in total. The second kappa shape index (κ2) is 6.19. The third-order valence-corrected chi connectivity index (χ3v) is 3.55. The molecule has 7 heteroatoms. The summed E-state index contributed by atoms with van der Waals surface area (Å²) in [5.41, 5.74) is -0.442. The molecule has 1 heterocycles. The summed E-state index contributed by atoms with van der Waals surface area (Å²) in [6, 6.07) is 4.13. The molecule has 0 spiro atoms. The van der Waals surface area contributed by atoms with Gasteiger partial charge < -0.3 is 9.64 Å². The highest BCUT2D eigenvalue weighted by Gasteiger charge is 2.22. The second-order valence-corrected chi connectivity index (χ2v) is 5.17. The van der Waals surface area contributed by atoms with E-state index in [1.807, 2.05) is 7.05 Å². The normalized spacial score (nSPS) is 16.9. The minimum atomic E-state index is -0.845. The Kier molecular flexibility index (Phi) is 4.57. The van der Waals surface area contributed by atoms with Crippen molar-refractivity contribution in [3.63, 3.8) is 0 Å². The van der Waals surface area contributed by atoms with Gasteiger partial charge in [-0.25, -0.2) is 0 Å². The fourth-order valence-corrected chi connectivity index (χ4v) is 2.36. The van der Waals surface area contributed by atoms with Crippen LogP contribution in [0.1, 0.15) is 23.2 Å². The van der Waals surface area contributed by atoms with Crippen molar-refractivity contribution < 1.29 is 14.5 Å².